The molecule has 46 heavy (non-hydrogen) atoms. The van der Waals surface area contributed by atoms with E-state index in [0.717, 1.165) is 22.9 Å². The van der Waals surface area contributed by atoms with Crippen LogP contribution in [0, 0.1) is 0 Å². The van der Waals surface area contributed by atoms with E-state index in [4.69, 9.17) is 21.7 Å². The molecule has 1 heterocycles. The standard InChI is InChI=1S/C27H33N5O8S6/c1-39-25(36)21(13-44-32-20(12-42)27(38)43)29-23(34)18-9-28-19(8-17(18)15-6-4-3-5-7-15)24(35)30-22(26(37)40-2)14-45-46-31-16(10-33)11-41/h3-9,11,16,20-22,31-33,42H,10,12-14H2,1-2H3,(H,29,34)(H,30,35)(H,38,43)/t16-,20+,21?,22?/m1/s1. The van der Waals surface area contributed by atoms with Crippen molar-refractivity contribution in [3.63, 3.8) is 0 Å². The molecule has 4 atom stereocenters. The van der Waals surface area contributed by atoms with Gasteiger partial charge in [-0.1, -0.05) is 65.3 Å². The number of ether oxygens (including phenoxy) is 2. The number of pyridine rings is 1. The number of aliphatic hydroxyl groups excluding tert-OH is 1. The van der Waals surface area contributed by atoms with Gasteiger partial charge < -0.3 is 25.2 Å². The molecule has 0 spiro atoms. The van der Waals surface area contributed by atoms with Gasteiger partial charge in [0.25, 0.3) is 11.8 Å². The molecular weight excluding hydrogens is 715 g/mol. The number of esters is 2. The fourth-order valence-electron chi connectivity index (χ4n) is 3.41. The van der Waals surface area contributed by atoms with Crippen LogP contribution in [0.2, 0.25) is 0 Å². The lowest BCUT2D eigenvalue weighted by Crippen LogP contribution is -2.45. The van der Waals surface area contributed by atoms with Gasteiger partial charge in [-0.15, -0.1) is 12.6 Å². The lowest BCUT2D eigenvalue weighted by molar-refractivity contribution is -0.143. The van der Waals surface area contributed by atoms with Gasteiger partial charge in [-0.25, -0.2) is 14.3 Å². The van der Waals surface area contributed by atoms with Gasteiger partial charge in [0.2, 0.25) is 5.12 Å². The molecule has 1 aromatic carbocycles. The van der Waals surface area contributed by atoms with Crippen LogP contribution >= 0.6 is 71.2 Å². The summed E-state index contributed by atoms with van der Waals surface area (Å²) in [5.41, 5.74) is 0.896. The average molecular weight is 748 g/mol. The second-order valence-corrected chi connectivity index (χ2v) is 13.1. The highest BCUT2D eigenvalue weighted by Gasteiger charge is 2.27. The number of thiol groups is 2. The van der Waals surface area contributed by atoms with Crippen molar-refractivity contribution in [1.82, 2.24) is 25.1 Å². The quantitative estimate of drug-likeness (QED) is 0.0258. The van der Waals surface area contributed by atoms with Gasteiger partial charge in [-0.05, 0) is 33.5 Å². The lowest BCUT2D eigenvalue weighted by atomic mass is 9.99. The van der Waals surface area contributed by atoms with Gasteiger partial charge >= 0.3 is 11.9 Å². The number of nitrogens with one attached hydrogen (secondary N) is 4. The van der Waals surface area contributed by atoms with Crippen LogP contribution in [0.15, 0.2) is 42.6 Å². The average Bonchev–Trinajstić information content (AvgIpc) is 3.08. The first-order valence-electron chi connectivity index (χ1n) is 13.2. The molecule has 0 saturated heterocycles. The van der Waals surface area contributed by atoms with Crippen molar-refractivity contribution >= 4 is 105 Å². The first-order chi connectivity index (χ1) is 22.1. The van der Waals surface area contributed by atoms with Gasteiger partial charge in [0.05, 0.1) is 38.5 Å². The Labute approximate surface area is 294 Å². The van der Waals surface area contributed by atoms with Crippen molar-refractivity contribution < 1.29 is 38.6 Å². The molecule has 0 fully saturated rings. The normalized spacial score (nSPS) is 13.4. The number of hydrogen-bond acceptors (Lipinski definition) is 16. The Morgan fingerprint density at radius 3 is 2.17 bits per heavy atom. The van der Waals surface area contributed by atoms with Crippen LogP contribution in [0.3, 0.4) is 0 Å². The molecule has 0 aliphatic carbocycles. The van der Waals surface area contributed by atoms with E-state index in [-0.39, 0.29) is 35.1 Å². The molecule has 0 bridgehead atoms. The van der Waals surface area contributed by atoms with Crippen molar-refractivity contribution in [2.45, 2.75) is 24.2 Å². The molecule has 1 aromatic heterocycles. The number of methoxy groups -OCH3 is 2. The van der Waals surface area contributed by atoms with Crippen molar-refractivity contribution in [3.05, 3.63) is 53.9 Å². The third-order valence-electron chi connectivity index (χ3n) is 5.86. The van der Waals surface area contributed by atoms with Gasteiger partial charge in [-0.2, -0.15) is 12.6 Å². The van der Waals surface area contributed by atoms with Crippen LogP contribution in [0.4, 0.5) is 0 Å². The molecule has 13 nitrogen and oxygen atoms in total. The number of hydrogen-bond donors (Lipinski definition) is 7. The summed E-state index contributed by atoms with van der Waals surface area (Å²) >= 11 is 13.7. The monoisotopic (exact) mass is 747 g/mol. The summed E-state index contributed by atoms with van der Waals surface area (Å²) in [6.07, 6.45) is 1.20. The minimum atomic E-state index is -1.11. The Hall–Kier alpha value is -2.36. The Morgan fingerprint density at radius 1 is 0.978 bits per heavy atom. The molecule has 2 rings (SSSR count). The molecule has 0 aliphatic rings. The predicted molar refractivity (Wildman–Crippen MR) is 191 cm³/mol. The van der Waals surface area contributed by atoms with Gasteiger partial charge in [0.1, 0.15) is 17.8 Å². The Balaban J connectivity index is 2.29. The Kier molecular flexibility index (Phi) is 18.6. The third-order valence-corrected chi connectivity index (χ3v) is 9.85. The summed E-state index contributed by atoms with van der Waals surface area (Å²) in [6.45, 7) is -0.202. The van der Waals surface area contributed by atoms with Crippen molar-refractivity contribution in [3.8, 4) is 11.1 Å². The smallest absolute Gasteiger partial charge is 0.329 e. The van der Waals surface area contributed by atoms with E-state index in [0.29, 0.717) is 11.1 Å². The molecule has 0 aliphatic heterocycles. The molecule has 2 aromatic rings. The minimum Gasteiger partial charge on any atom is -0.467 e. The molecular formula is C27H33N5O8S6. The zero-order valence-electron chi connectivity index (χ0n) is 24.5. The van der Waals surface area contributed by atoms with Gasteiger partial charge in [0.15, 0.2) is 0 Å². The van der Waals surface area contributed by atoms with Gasteiger partial charge in [0, 0.05) is 23.5 Å². The highest BCUT2D eigenvalue weighted by Crippen LogP contribution is 2.25. The molecule has 19 heteroatoms. The summed E-state index contributed by atoms with van der Waals surface area (Å²) in [4.78, 5) is 67.4. The fraction of sp³-hybridized carbons (Fsp3) is 0.370. The summed E-state index contributed by atoms with van der Waals surface area (Å²) in [7, 11) is 4.71. The number of rotatable bonds is 20. The zero-order chi connectivity index (χ0) is 34.1. The topological polar surface area (TPSA) is 185 Å². The van der Waals surface area contributed by atoms with Gasteiger partial charge in [-0.3, -0.25) is 24.1 Å². The van der Waals surface area contributed by atoms with E-state index < -0.39 is 53.0 Å². The summed E-state index contributed by atoms with van der Waals surface area (Å²) in [6, 6.07) is 6.88. The second-order valence-electron chi connectivity index (χ2n) is 8.99. The molecule has 0 saturated carbocycles. The number of aliphatic hydroxyl groups is 1. The first kappa shape index (κ1) is 39.8. The van der Waals surface area contributed by atoms with Crippen LogP contribution in [0.5, 0.6) is 0 Å². The maximum atomic E-state index is 13.5. The summed E-state index contributed by atoms with van der Waals surface area (Å²) in [5, 5.41) is 15.4. The Morgan fingerprint density at radius 2 is 1.61 bits per heavy atom. The highest BCUT2D eigenvalue weighted by atomic mass is 33.1. The number of nitrogens with zero attached hydrogens (tertiary/aromatic N) is 1. The van der Waals surface area contributed by atoms with E-state index in [1.54, 1.807) is 30.3 Å². The highest BCUT2D eigenvalue weighted by molar-refractivity contribution is 8.76. The summed E-state index contributed by atoms with van der Waals surface area (Å²) < 4.78 is 15.4. The van der Waals surface area contributed by atoms with E-state index in [1.807, 2.05) is 0 Å². The molecule has 2 unspecified atom stereocenters. The number of thiocarbonyl (C=S) groups is 1. The number of carbonyl (C=O) groups excluding carboxylic acids is 5. The van der Waals surface area contributed by atoms with E-state index >= 15 is 0 Å². The molecule has 2 amide bonds. The number of aromatic nitrogens is 1. The van der Waals surface area contributed by atoms with Crippen molar-refractivity contribution in [1.29, 1.82) is 0 Å². The SMILES string of the molecule is COC(=O)C(CSSN[C@@H](C=S)CO)NC(=O)c1cc(-c2ccccc2)c(C(=O)NC(CSN[C@@H](CS)C(=O)S)C(=O)OC)cn1. The number of carbonyl (C=O) groups is 5. The largest absolute Gasteiger partial charge is 0.467 e. The zero-order valence-corrected chi connectivity index (χ0v) is 29.6. The lowest BCUT2D eigenvalue weighted by Gasteiger charge is -2.19. The predicted octanol–water partition coefficient (Wildman–Crippen LogP) is 1.53. The minimum absolute atomic E-state index is 0.00520. The number of benzene rings is 1. The molecule has 250 valence electrons. The van der Waals surface area contributed by atoms with E-state index in [9.17, 15) is 29.1 Å². The van der Waals surface area contributed by atoms with Crippen LogP contribution in [0.1, 0.15) is 20.8 Å². The Bertz CT molecular complexity index is 1360. The molecule has 5 N–H and O–H groups in total. The maximum Gasteiger partial charge on any atom is 0.329 e. The van der Waals surface area contributed by atoms with E-state index in [1.165, 1.54) is 42.6 Å². The first-order valence-corrected chi connectivity index (χ1v) is 18.1. The maximum absolute atomic E-state index is 13.5. The van der Waals surface area contributed by atoms with E-state index in [2.05, 4.69) is 50.3 Å². The molecule has 0 radical (unpaired) electrons. The van der Waals surface area contributed by atoms with Crippen LogP contribution in [-0.4, -0.2) is 107 Å². The van der Waals surface area contributed by atoms with Crippen LogP contribution in [-0.2, 0) is 23.9 Å². The van der Waals surface area contributed by atoms with Crippen LogP contribution in [0.25, 0.3) is 11.1 Å². The number of amides is 2. The van der Waals surface area contributed by atoms with Crippen molar-refractivity contribution in [2.24, 2.45) is 0 Å². The van der Waals surface area contributed by atoms with Crippen LogP contribution < -0.4 is 20.1 Å². The van der Waals surface area contributed by atoms with Crippen molar-refractivity contribution in [2.75, 3.05) is 38.1 Å². The fourth-order valence-corrected chi connectivity index (χ4v) is 7.24. The second kappa shape index (κ2) is 21.5. The third kappa shape index (κ3) is 12.7. The summed E-state index contributed by atoms with van der Waals surface area (Å²) in [5.74, 6) is -2.49.